The summed E-state index contributed by atoms with van der Waals surface area (Å²) in [5.41, 5.74) is 1.82. The molecule has 0 radical (unpaired) electrons. The first-order valence-electron chi connectivity index (χ1n) is 10.2. The molecule has 1 aliphatic carbocycles. The van der Waals surface area contributed by atoms with Crippen LogP contribution >= 0.6 is 15.9 Å². The predicted octanol–water partition coefficient (Wildman–Crippen LogP) is 3.73. The Bertz CT molecular complexity index is 1050. The first kappa shape index (κ1) is 21.3. The van der Waals surface area contributed by atoms with Crippen LogP contribution in [0.2, 0.25) is 0 Å². The molecule has 1 heterocycles. The number of amides is 1. The van der Waals surface area contributed by atoms with Gasteiger partial charge in [0.1, 0.15) is 0 Å². The van der Waals surface area contributed by atoms with Crippen LogP contribution < -0.4 is 4.72 Å². The summed E-state index contributed by atoms with van der Waals surface area (Å²) in [5.74, 6) is 0.727. The minimum absolute atomic E-state index is 0.0779. The van der Waals surface area contributed by atoms with Crippen molar-refractivity contribution in [2.45, 2.75) is 24.7 Å². The first-order valence-corrected chi connectivity index (χ1v) is 12.5. The molecule has 6 nitrogen and oxygen atoms in total. The van der Waals surface area contributed by atoms with Gasteiger partial charge in [-0.2, -0.15) is 0 Å². The minimum atomic E-state index is -3.81. The molecule has 2 aromatic rings. The van der Waals surface area contributed by atoms with Gasteiger partial charge in [-0.15, -0.1) is 0 Å². The summed E-state index contributed by atoms with van der Waals surface area (Å²) in [4.78, 5) is 17.3. The minimum Gasteiger partial charge on any atom is -0.336 e. The van der Waals surface area contributed by atoms with Crippen molar-refractivity contribution in [3.8, 4) is 0 Å². The number of anilines is 1. The van der Waals surface area contributed by atoms with Crippen molar-refractivity contribution >= 4 is 37.5 Å². The Kier molecular flexibility index (Phi) is 6.18. The number of rotatable bonds is 6. The van der Waals surface area contributed by atoms with Gasteiger partial charge >= 0.3 is 0 Å². The van der Waals surface area contributed by atoms with Crippen LogP contribution in [-0.4, -0.2) is 56.8 Å². The SMILES string of the molecule is Cc1ccc(Br)c(NS(=O)(=O)c2cccc(C(=O)N3CCN(CC4CC4)CC3)c2)c1. The molecule has 160 valence electrons. The molecule has 0 bridgehead atoms. The second kappa shape index (κ2) is 8.69. The van der Waals surface area contributed by atoms with Crippen LogP contribution in [0, 0.1) is 12.8 Å². The quantitative estimate of drug-likeness (QED) is 0.668. The van der Waals surface area contributed by atoms with E-state index in [-0.39, 0.29) is 10.8 Å². The molecule has 0 unspecified atom stereocenters. The molecule has 2 aromatic carbocycles. The summed E-state index contributed by atoms with van der Waals surface area (Å²) < 4.78 is 29.1. The van der Waals surface area contributed by atoms with Crippen molar-refractivity contribution in [1.29, 1.82) is 0 Å². The molecular formula is C22H26BrN3O3S. The lowest BCUT2D eigenvalue weighted by Gasteiger charge is -2.34. The Balaban J connectivity index is 1.46. The molecular weight excluding hydrogens is 466 g/mol. The summed E-state index contributed by atoms with van der Waals surface area (Å²) >= 11 is 3.38. The van der Waals surface area contributed by atoms with Gasteiger partial charge in [-0.25, -0.2) is 8.42 Å². The van der Waals surface area contributed by atoms with E-state index in [1.165, 1.54) is 25.0 Å². The Labute approximate surface area is 186 Å². The number of nitrogens with zero attached hydrogens (tertiary/aromatic N) is 2. The van der Waals surface area contributed by atoms with E-state index in [2.05, 4.69) is 25.6 Å². The van der Waals surface area contributed by atoms with Gasteiger partial charge in [0.25, 0.3) is 15.9 Å². The lowest BCUT2D eigenvalue weighted by Crippen LogP contribution is -2.49. The van der Waals surface area contributed by atoms with Crippen LogP contribution in [0.1, 0.15) is 28.8 Å². The molecule has 0 atom stereocenters. The van der Waals surface area contributed by atoms with Crippen LogP contribution in [0.15, 0.2) is 51.8 Å². The highest BCUT2D eigenvalue weighted by molar-refractivity contribution is 9.10. The number of carbonyl (C=O) groups excluding carboxylic acids is 1. The summed E-state index contributed by atoms with van der Waals surface area (Å²) in [5, 5.41) is 0. The highest BCUT2D eigenvalue weighted by Gasteiger charge is 2.28. The maximum absolute atomic E-state index is 13.0. The Morgan fingerprint density at radius 2 is 1.83 bits per heavy atom. The Morgan fingerprint density at radius 1 is 1.10 bits per heavy atom. The van der Waals surface area contributed by atoms with Gasteiger partial charge in [0.2, 0.25) is 0 Å². The summed E-state index contributed by atoms with van der Waals surface area (Å²) in [6, 6.07) is 11.7. The third kappa shape index (κ3) is 5.04. The van der Waals surface area contributed by atoms with Crippen LogP contribution in [0.3, 0.4) is 0 Å². The molecule has 1 amide bonds. The molecule has 2 fully saturated rings. The molecule has 30 heavy (non-hydrogen) atoms. The second-order valence-corrected chi connectivity index (χ2v) is 10.7. The number of carbonyl (C=O) groups is 1. The van der Waals surface area contributed by atoms with E-state index in [4.69, 9.17) is 0 Å². The number of hydrogen-bond donors (Lipinski definition) is 1. The zero-order valence-corrected chi connectivity index (χ0v) is 19.4. The van der Waals surface area contributed by atoms with Crippen molar-refractivity contribution in [2.75, 3.05) is 37.4 Å². The smallest absolute Gasteiger partial charge is 0.261 e. The molecule has 8 heteroatoms. The fraction of sp³-hybridized carbons (Fsp3) is 0.409. The lowest BCUT2D eigenvalue weighted by molar-refractivity contribution is 0.0632. The molecule has 1 saturated carbocycles. The zero-order valence-electron chi connectivity index (χ0n) is 17.0. The molecule has 4 rings (SSSR count). The summed E-state index contributed by atoms with van der Waals surface area (Å²) in [6.07, 6.45) is 2.65. The van der Waals surface area contributed by atoms with E-state index >= 15 is 0 Å². The third-order valence-electron chi connectivity index (χ3n) is 5.63. The highest BCUT2D eigenvalue weighted by atomic mass is 79.9. The average Bonchev–Trinajstić information content (AvgIpc) is 3.55. The third-order valence-corrected chi connectivity index (χ3v) is 7.68. The summed E-state index contributed by atoms with van der Waals surface area (Å²) in [7, 11) is -3.81. The zero-order chi connectivity index (χ0) is 21.3. The van der Waals surface area contributed by atoms with Crippen molar-refractivity contribution in [3.63, 3.8) is 0 Å². The number of hydrogen-bond acceptors (Lipinski definition) is 4. The molecule has 0 aromatic heterocycles. The number of sulfonamides is 1. The normalized spacial score (nSPS) is 17.7. The standard InChI is InChI=1S/C22H26BrN3O3S/c1-16-5-8-20(23)21(13-16)24-30(28,29)19-4-2-3-18(14-19)22(27)26-11-9-25(10-12-26)15-17-6-7-17/h2-5,8,13-14,17,24H,6-7,9-12,15H2,1H3. The van der Waals surface area contributed by atoms with E-state index in [1.807, 2.05) is 17.9 Å². The van der Waals surface area contributed by atoms with Crippen LogP contribution in [0.4, 0.5) is 5.69 Å². The number of piperazine rings is 1. The largest absolute Gasteiger partial charge is 0.336 e. The van der Waals surface area contributed by atoms with Gasteiger partial charge in [-0.3, -0.25) is 14.4 Å². The van der Waals surface area contributed by atoms with E-state index in [9.17, 15) is 13.2 Å². The van der Waals surface area contributed by atoms with Crippen molar-refractivity contribution in [2.24, 2.45) is 5.92 Å². The first-order chi connectivity index (χ1) is 14.3. The monoisotopic (exact) mass is 491 g/mol. The van der Waals surface area contributed by atoms with Crippen LogP contribution in [0.25, 0.3) is 0 Å². The second-order valence-electron chi connectivity index (χ2n) is 8.15. The summed E-state index contributed by atoms with van der Waals surface area (Å²) in [6.45, 7) is 6.14. The highest BCUT2D eigenvalue weighted by Crippen LogP contribution is 2.30. The molecule has 1 aliphatic heterocycles. The van der Waals surface area contributed by atoms with Crippen LogP contribution in [-0.2, 0) is 10.0 Å². The maximum atomic E-state index is 13.0. The number of aryl methyl sites for hydroxylation is 1. The van der Waals surface area contributed by atoms with Gasteiger partial charge in [0, 0.05) is 42.8 Å². The topological polar surface area (TPSA) is 69.7 Å². The Hall–Kier alpha value is -1.90. The van der Waals surface area contributed by atoms with Crippen molar-refractivity contribution in [3.05, 3.63) is 58.1 Å². The van der Waals surface area contributed by atoms with Gasteiger partial charge < -0.3 is 4.90 Å². The molecule has 1 saturated heterocycles. The molecule has 0 spiro atoms. The molecule has 1 N–H and O–H groups in total. The van der Waals surface area contributed by atoms with E-state index in [0.29, 0.717) is 28.8 Å². The van der Waals surface area contributed by atoms with Gasteiger partial charge in [0.05, 0.1) is 10.6 Å². The van der Waals surface area contributed by atoms with E-state index in [1.54, 1.807) is 24.3 Å². The fourth-order valence-electron chi connectivity index (χ4n) is 3.70. The lowest BCUT2D eigenvalue weighted by atomic mass is 10.2. The predicted molar refractivity (Wildman–Crippen MR) is 121 cm³/mol. The Morgan fingerprint density at radius 3 is 2.53 bits per heavy atom. The van der Waals surface area contributed by atoms with Gasteiger partial charge in [-0.05, 0) is 77.5 Å². The number of halogens is 1. The fourth-order valence-corrected chi connectivity index (χ4v) is 5.29. The average molecular weight is 492 g/mol. The molecule has 2 aliphatic rings. The van der Waals surface area contributed by atoms with Crippen molar-refractivity contribution in [1.82, 2.24) is 9.80 Å². The van der Waals surface area contributed by atoms with Crippen molar-refractivity contribution < 1.29 is 13.2 Å². The van der Waals surface area contributed by atoms with E-state index in [0.717, 1.165) is 31.1 Å². The van der Waals surface area contributed by atoms with Gasteiger partial charge in [0.15, 0.2) is 0 Å². The maximum Gasteiger partial charge on any atom is 0.261 e. The van der Waals surface area contributed by atoms with Crippen LogP contribution in [0.5, 0.6) is 0 Å². The van der Waals surface area contributed by atoms with E-state index < -0.39 is 10.0 Å². The van der Waals surface area contributed by atoms with Gasteiger partial charge in [-0.1, -0.05) is 12.1 Å². The number of benzene rings is 2. The number of nitrogens with one attached hydrogen (secondary N) is 1.